The van der Waals surface area contributed by atoms with Crippen LogP contribution < -0.4 is 4.72 Å². The molecule has 0 spiro atoms. The molecule has 3 aromatic rings. The van der Waals surface area contributed by atoms with Crippen LogP contribution in [-0.2, 0) is 39.1 Å². The van der Waals surface area contributed by atoms with Crippen LogP contribution in [0.4, 0.5) is 4.79 Å². The topological polar surface area (TPSA) is 114 Å². The zero-order valence-electron chi connectivity index (χ0n) is 22.6. The lowest BCUT2D eigenvalue weighted by atomic mass is 9.96. The number of benzene rings is 2. The van der Waals surface area contributed by atoms with Gasteiger partial charge in [-0.2, -0.15) is 12.7 Å². The van der Waals surface area contributed by atoms with E-state index in [-0.39, 0.29) is 18.1 Å². The third-order valence-corrected chi connectivity index (χ3v) is 9.36. The minimum Gasteiger partial charge on any atom is -0.453 e. The smallest absolute Gasteiger partial charge is 0.409 e. The number of fused-ring (bicyclic) bond motifs is 3. The van der Waals surface area contributed by atoms with Gasteiger partial charge in [0, 0.05) is 44.1 Å². The first kappa shape index (κ1) is 27.1. The maximum Gasteiger partial charge on any atom is 0.409 e. The Labute approximate surface area is 229 Å². The number of carbonyl (C=O) groups is 2. The van der Waals surface area contributed by atoms with Crippen LogP contribution in [0.3, 0.4) is 0 Å². The van der Waals surface area contributed by atoms with Gasteiger partial charge in [0.25, 0.3) is 0 Å². The number of nitrogens with one attached hydrogen (secondary N) is 1. The predicted molar refractivity (Wildman–Crippen MR) is 147 cm³/mol. The van der Waals surface area contributed by atoms with E-state index in [4.69, 9.17) is 9.72 Å². The van der Waals surface area contributed by atoms with E-state index >= 15 is 0 Å². The molecule has 208 valence electrons. The van der Waals surface area contributed by atoms with Crippen molar-refractivity contribution in [1.29, 1.82) is 0 Å². The van der Waals surface area contributed by atoms with Crippen LogP contribution in [0.2, 0.25) is 0 Å². The van der Waals surface area contributed by atoms with Gasteiger partial charge in [-0.15, -0.1) is 0 Å². The number of ether oxygens (including phenoxy) is 1. The number of carbonyl (C=O) groups excluding carboxylic acids is 2. The van der Waals surface area contributed by atoms with Crippen LogP contribution in [0.25, 0.3) is 11.0 Å². The van der Waals surface area contributed by atoms with Crippen LogP contribution in [0.1, 0.15) is 61.2 Å². The lowest BCUT2D eigenvalue weighted by Gasteiger charge is -2.31. The van der Waals surface area contributed by atoms with Gasteiger partial charge in [-0.25, -0.2) is 14.5 Å². The molecule has 1 fully saturated rings. The lowest BCUT2D eigenvalue weighted by molar-refractivity contribution is -0.117. The molecule has 1 atom stereocenters. The largest absolute Gasteiger partial charge is 0.453 e. The van der Waals surface area contributed by atoms with Gasteiger partial charge in [-0.3, -0.25) is 4.79 Å². The molecule has 11 heteroatoms. The monoisotopic (exact) mass is 553 g/mol. The number of aromatic nitrogens is 2. The molecule has 0 saturated carbocycles. The number of rotatable bonds is 6. The third kappa shape index (κ3) is 5.51. The van der Waals surface area contributed by atoms with Crippen molar-refractivity contribution in [3.8, 4) is 0 Å². The molecule has 10 nitrogen and oxygen atoms in total. The second-order valence-electron chi connectivity index (χ2n) is 10.4. The molecule has 0 unspecified atom stereocenters. The molecule has 3 heterocycles. The van der Waals surface area contributed by atoms with Crippen LogP contribution >= 0.6 is 0 Å². The van der Waals surface area contributed by atoms with E-state index in [0.717, 1.165) is 35.3 Å². The molecular formula is C28H35N5O5S. The maximum absolute atomic E-state index is 12.6. The van der Waals surface area contributed by atoms with Crippen LogP contribution in [0.5, 0.6) is 0 Å². The number of imidazole rings is 1. The van der Waals surface area contributed by atoms with Gasteiger partial charge in [0.15, 0.2) is 0 Å². The Balaban J connectivity index is 1.52. The molecule has 0 radical (unpaired) electrons. The van der Waals surface area contributed by atoms with Gasteiger partial charge in [0.2, 0.25) is 5.91 Å². The van der Waals surface area contributed by atoms with E-state index in [1.165, 1.54) is 29.5 Å². The molecule has 2 aromatic carbocycles. The molecule has 2 aliphatic rings. The number of hydrogen-bond donors (Lipinski definition) is 1. The highest BCUT2D eigenvalue weighted by molar-refractivity contribution is 7.87. The standard InChI is InChI=1S/C28H35N5O5S/c1-19(17-21-7-5-4-6-8-21)33-25-10-9-22-11-14-31(28(35)38-3)18-24(22)26(25)29-27(33)23-12-15-32(16-13-23)39(36,37)30-20(2)34/h4-10,19,23H,11-18H2,1-3H3,(H,30,34)/t19-/m0/s1. The maximum atomic E-state index is 12.6. The van der Waals surface area contributed by atoms with Gasteiger partial charge in [0.05, 0.1) is 24.7 Å². The fraction of sp³-hybridized carbons (Fsp3) is 0.464. The van der Waals surface area contributed by atoms with Gasteiger partial charge < -0.3 is 14.2 Å². The first-order chi connectivity index (χ1) is 18.7. The Bertz CT molecular complexity index is 1480. The average Bonchev–Trinajstić information content (AvgIpc) is 3.32. The number of methoxy groups -OCH3 is 1. The van der Waals surface area contributed by atoms with Crippen molar-refractivity contribution in [2.75, 3.05) is 26.7 Å². The van der Waals surface area contributed by atoms with Gasteiger partial charge in [0.1, 0.15) is 5.82 Å². The summed E-state index contributed by atoms with van der Waals surface area (Å²) in [7, 11) is -2.45. The molecule has 5 rings (SSSR count). The third-order valence-electron chi connectivity index (χ3n) is 7.77. The van der Waals surface area contributed by atoms with Crippen LogP contribution in [0, 0.1) is 0 Å². The highest BCUT2D eigenvalue weighted by Gasteiger charge is 2.33. The predicted octanol–water partition coefficient (Wildman–Crippen LogP) is 3.52. The first-order valence-electron chi connectivity index (χ1n) is 13.4. The fourth-order valence-electron chi connectivity index (χ4n) is 5.90. The quantitative estimate of drug-likeness (QED) is 0.500. The summed E-state index contributed by atoms with van der Waals surface area (Å²) in [6.45, 7) is 5.03. The Morgan fingerprint density at radius 3 is 2.49 bits per heavy atom. The van der Waals surface area contributed by atoms with Crippen molar-refractivity contribution >= 4 is 33.2 Å². The molecular weight excluding hydrogens is 518 g/mol. The van der Waals surface area contributed by atoms with Gasteiger partial charge in [-0.05, 0) is 49.8 Å². The Morgan fingerprint density at radius 1 is 1.10 bits per heavy atom. The average molecular weight is 554 g/mol. The van der Waals surface area contributed by atoms with Crippen LogP contribution in [-0.4, -0.2) is 65.9 Å². The second kappa shape index (κ2) is 11.0. The van der Waals surface area contributed by atoms with Crippen molar-refractivity contribution in [1.82, 2.24) is 23.5 Å². The van der Waals surface area contributed by atoms with Crippen molar-refractivity contribution < 1.29 is 22.7 Å². The zero-order valence-corrected chi connectivity index (χ0v) is 23.4. The zero-order chi connectivity index (χ0) is 27.7. The minimum atomic E-state index is -3.85. The summed E-state index contributed by atoms with van der Waals surface area (Å²) >= 11 is 0. The molecule has 0 aliphatic carbocycles. The molecule has 39 heavy (non-hydrogen) atoms. The summed E-state index contributed by atoms with van der Waals surface area (Å²) in [5.74, 6) is 0.392. The Hall–Kier alpha value is -3.44. The van der Waals surface area contributed by atoms with Crippen molar-refractivity contribution in [2.24, 2.45) is 0 Å². The molecule has 1 saturated heterocycles. The number of hydrogen-bond acceptors (Lipinski definition) is 6. The molecule has 1 N–H and O–H groups in total. The normalized spacial score (nSPS) is 17.6. The molecule has 0 bridgehead atoms. The van der Waals surface area contributed by atoms with Crippen molar-refractivity contribution in [2.45, 2.75) is 58.0 Å². The summed E-state index contributed by atoms with van der Waals surface area (Å²) in [4.78, 5) is 30.6. The van der Waals surface area contributed by atoms with E-state index in [9.17, 15) is 18.0 Å². The number of piperidine rings is 1. The van der Waals surface area contributed by atoms with Crippen LogP contribution in [0.15, 0.2) is 42.5 Å². The summed E-state index contributed by atoms with van der Waals surface area (Å²) in [5.41, 5.74) is 5.37. The van der Waals surface area contributed by atoms with Gasteiger partial charge >= 0.3 is 16.3 Å². The van der Waals surface area contributed by atoms with Crippen molar-refractivity contribution in [3.63, 3.8) is 0 Å². The second-order valence-corrected chi connectivity index (χ2v) is 12.1. The number of nitrogens with zero attached hydrogens (tertiary/aromatic N) is 4. The summed E-state index contributed by atoms with van der Waals surface area (Å²) < 4.78 is 35.8. The molecule has 2 amide bonds. The summed E-state index contributed by atoms with van der Waals surface area (Å²) in [6, 6.07) is 14.7. The van der Waals surface area contributed by atoms with E-state index in [2.05, 4.69) is 40.5 Å². The van der Waals surface area contributed by atoms with E-state index in [0.29, 0.717) is 39.0 Å². The van der Waals surface area contributed by atoms with E-state index < -0.39 is 16.1 Å². The van der Waals surface area contributed by atoms with E-state index in [1.807, 2.05) is 18.2 Å². The SMILES string of the molecule is COC(=O)N1CCc2ccc3c(nc(C4CCN(S(=O)(=O)NC(C)=O)CC4)n3[C@@H](C)Cc3ccccc3)c2C1. The highest BCUT2D eigenvalue weighted by atomic mass is 32.2. The molecule has 2 aliphatic heterocycles. The fourth-order valence-corrected chi connectivity index (χ4v) is 7.08. The highest BCUT2D eigenvalue weighted by Crippen LogP contribution is 2.37. The molecule has 1 aromatic heterocycles. The summed E-state index contributed by atoms with van der Waals surface area (Å²) in [6.07, 6.45) is 2.40. The summed E-state index contributed by atoms with van der Waals surface area (Å²) in [5, 5.41) is 0. The van der Waals surface area contributed by atoms with Gasteiger partial charge in [-0.1, -0.05) is 36.4 Å². The van der Waals surface area contributed by atoms with E-state index in [1.54, 1.807) is 4.90 Å². The number of amides is 2. The Morgan fingerprint density at radius 2 is 1.82 bits per heavy atom. The lowest BCUT2D eigenvalue weighted by Crippen LogP contribution is -2.46. The Kier molecular flexibility index (Phi) is 7.64. The van der Waals surface area contributed by atoms with Crippen molar-refractivity contribution in [3.05, 3.63) is 65.0 Å². The first-order valence-corrected chi connectivity index (χ1v) is 14.8. The minimum absolute atomic E-state index is 0.0513.